The molecule has 2 aromatic rings. The van der Waals surface area contributed by atoms with Crippen LogP contribution in [0.5, 0.6) is 0 Å². The van der Waals surface area contributed by atoms with Crippen molar-refractivity contribution < 1.29 is 4.79 Å². The molecule has 0 spiro atoms. The van der Waals surface area contributed by atoms with Crippen molar-refractivity contribution in [3.63, 3.8) is 0 Å². The van der Waals surface area contributed by atoms with Crippen LogP contribution < -0.4 is 11.1 Å². The van der Waals surface area contributed by atoms with Crippen LogP contribution in [-0.2, 0) is 18.4 Å². The van der Waals surface area contributed by atoms with Gasteiger partial charge in [-0.05, 0) is 37.6 Å². The lowest BCUT2D eigenvalue weighted by Gasteiger charge is -2.05. The monoisotopic (exact) mass is 260 g/mol. The first-order valence-corrected chi connectivity index (χ1v) is 6.50. The molecule has 0 radical (unpaired) electrons. The zero-order chi connectivity index (χ0) is 13.8. The van der Waals surface area contributed by atoms with Gasteiger partial charge in [-0.3, -0.25) is 4.79 Å². The van der Waals surface area contributed by atoms with Crippen LogP contribution in [0.2, 0.25) is 0 Å². The molecule has 1 heterocycles. The summed E-state index contributed by atoms with van der Waals surface area (Å²) in [5.74, 6) is 1.03. The minimum absolute atomic E-state index is 0.0442. The average molecular weight is 260 g/mol. The highest BCUT2D eigenvalue weighted by molar-refractivity contribution is 5.78. The molecule has 3 N–H and O–H groups in total. The zero-order valence-electron chi connectivity index (χ0n) is 11.4. The summed E-state index contributed by atoms with van der Waals surface area (Å²) in [6, 6.07) is 6.08. The van der Waals surface area contributed by atoms with E-state index in [9.17, 15) is 4.79 Å². The topological polar surface area (TPSA) is 72.9 Å². The summed E-state index contributed by atoms with van der Waals surface area (Å²) in [4.78, 5) is 16.0. The number of rotatable bonds is 5. The number of imidazole rings is 1. The van der Waals surface area contributed by atoms with E-state index in [0.29, 0.717) is 19.5 Å². The summed E-state index contributed by atoms with van der Waals surface area (Å²) in [7, 11) is 2.00. The van der Waals surface area contributed by atoms with Crippen LogP contribution in [0.15, 0.2) is 18.2 Å². The van der Waals surface area contributed by atoms with E-state index in [1.54, 1.807) is 0 Å². The first-order valence-electron chi connectivity index (χ1n) is 6.50. The van der Waals surface area contributed by atoms with Gasteiger partial charge in [0.2, 0.25) is 5.91 Å². The number of carbonyl (C=O) groups is 1. The first-order chi connectivity index (χ1) is 9.11. The van der Waals surface area contributed by atoms with Gasteiger partial charge in [0.05, 0.1) is 11.0 Å². The number of carbonyl (C=O) groups excluding carboxylic acids is 1. The van der Waals surface area contributed by atoms with E-state index in [2.05, 4.69) is 14.9 Å². The predicted molar refractivity (Wildman–Crippen MR) is 75.6 cm³/mol. The fourth-order valence-corrected chi connectivity index (χ4v) is 2.03. The molecule has 0 atom stereocenters. The van der Waals surface area contributed by atoms with E-state index in [-0.39, 0.29) is 5.91 Å². The Balaban J connectivity index is 2.03. The number of aryl methyl sites for hydroxylation is 2. The molecule has 1 aromatic carbocycles. The lowest BCUT2D eigenvalue weighted by Crippen LogP contribution is -2.23. The van der Waals surface area contributed by atoms with Crippen molar-refractivity contribution in [2.75, 3.05) is 6.54 Å². The molecule has 0 unspecified atom stereocenters. The maximum atomic E-state index is 11.5. The predicted octanol–water partition coefficient (Wildman–Crippen LogP) is 1.24. The van der Waals surface area contributed by atoms with Crippen molar-refractivity contribution in [3.05, 3.63) is 29.6 Å². The molecule has 0 saturated carbocycles. The third-order valence-corrected chi connectivity index (χ3v) is 3.27. The van der Waals surface area contributed by atoms with Crippen molar-refractivity contribution in [1.82, 2.24) is 14.9 Å². The Kier molecular flexibility index (Phi) is 4.16. The second-order valence-electron chi connectivity index (χ2n) is 4.71. The molecule has 5 heteroatoms. The van der Waals surface area contributed by atoms with Crippen LogP contribution in [0.4, 0.5) is 0 Å². The van der Waals surface area contributed by atoms with Crippen molar-refractivity contribution in [2.24, 2.45) is 12.8 Å². The Morgan fingerprint density at radius 3 is 3.00 bits per heavy atom. The van der Waals surface area contributed by atoms with Crippen molar-refractivity contribution in [2.45, 2.75) is 26.3 Å². The van der Waals surface area contributed by atoms with Crippen molar-refractivity contribution in [1.29, 1.82) is 0 Å². The molecule has 2 rings (SSSR count). The van der Waals surface area contributed by atoms with Crippen LogP contribution in [0.25, 0.3) is 11.0 Å². The molecule has 102 valence electrons. The van der Waals surface area contributed by atoms with E-state index in [4.69, 9.17) is 5.73 Å². The van der Waals surface area contributed by atoms with E-state index in [1.807, 2.05) is 32.2 Å². The minimum atomic E-state index is 0.0442. The maximum absolute atomic E-state index is 11.5. The number of nitrogens with zero attached hydrogens (tertiary/aromatic N) is 2. The molecule has 0 aliphatic heterocycles. The zero-order valence-corrected chi connectivity index (χ0v) is 11.4. The third kappa shape index (κ3) is 3.12. The number of nitrogens with two attached hydrogens (primary N) is 1. The van der Waals surface area contributed by atoms with E-state index in [1.165, 1.54) is 0 Å². The number of amides is 1. The Morgan fingerprint density at radius 1 is 1.47 bits per heavy atom. The molecule has 0 saturated heterocycles. The Morgan fingerprint density at radius 2 is 2.26 bits per heavy atom. The standard InChI is InChI=1S/C14H20N4O/c1-10-17-12-8-11(5-6-13(12)18(10)2)9-16-14(19)4-3-7-15/h5-6,8H,3-4,7,9,15H2,1-2H3,(H,16,19). The SMILES string of the molecule is Cc1nc2cc(CNC(=O)CCCN)ccc2n1C. The van der Waals surface area contributed by atoms with Gasteiger partial charge < -0.3 is 15.6 Å². The van der Waals surface area contributed by atoms with Gasteiger partial charge in [0.25, 0.3) is 0 Å². The van der Waals surface area contributed by atoms with Crippen LogP contribution in [-0.4, -0.2) is 22.0 Å². The fourth-order valence-electron chi connectivity index (χ4n) is 2.03. The summed E-state index contributed by atoms with van der Waals surface area (Å²) >= 11 is 0. The summed E-state index contributed by atoms with van der Waals surface area (Å²) in [5, 5.41) is 2.89. The largest absolute Gasteiger partial charge is 0.352 e. The Bertz CT molecular complexity index is 588. The van der Waals surface area contributed by atoms with Crippen molar-refractivity contribution >= 4 is 16.9 Å². The number of aromatic nitrogens is 2. The second-order valence-corrected chi connectivity index (χ2v) is 4.71. The highest BCUT2D eigenvalue weighted by atomic mass is 16.1. The number of nitrogens with one attached hydrogen (secondary N) is 1. The maximum Gasteiger partial charge on any atom is 0.220 e. The molecule has 0 aliphatic carbocycles. The van der Waals surface area contributed by atoms with Crippen molar-refractivity contribution in [3.8, 4) is 0 Å². The molecule has 19 heavy (non-hydrogen) atoms. The highest BCUT2D eigenvalue weighted by Gasteiger charge is 2.05. The van der Waals surface area contributed by atoms with Gasteiger partial charge >= 0.3 is 0 Å². The molecule has 0 bridgehead atoms. The van der Waals surface area contributed by atoms with Gasteiger partial charge in [-0.15, -0.1) is 0 Å². The normalized spacial score (nSPS) is 10.9. The van der Waals surface area contributed by atoms with Crippen LogP contribution in [0.1, 0.15) is 24.2 Å². The van der Waals surface area contributed by atoms with Gasteiger partial charge in [-0.25, -0.2) is 4.98 Å². The van der Waals surface area contributed by atoms with E-state index >= 15 is 0 Å². The number of fused-ring (bicyclic) bond motifs is 1. The van der Waals surface area contributed by atoms with Gasteiger partial charge in [0.1, 0.15) is 5.82 Å². The average Bonchev–Trinajstić information content (AvgIpc) is 2.69. The van der Waals surface area contributed by atoms with Crippen LogP contribution >= 0.6 is 0 Å². The number of hydrogen-bond acceptors (Lipinski definition) is 3. The summed E-state index contributed by atoms with van der Waals surface area (Å²) in [5.41, 5.74) is 8.51. The minimum Gasteiger partial charge on any atom is -0.352 e. The molecular weight excluding hydrogens is 240 g/mol. The molecular formula is C14H20N4O. The van der Waals surface area contributed by atoms with E-state index < -0.39 is 0 Å². The summed E-state index contributed by atoms with van der Waals surface area (Å²) < 4.78 is 2.05. The smallest absolute Gasteiger partial charge is 0.220 e. The number of benzene rings is 1. The second kappa shape index (κ2) is 5.84. The first kappa shape index (κ1) is 13.5. The quantitative estimate of drug-likeness (QED) is 0.849. The van der Waals surface area contributed by atoms with Gasteiger partial charge in [-0.2, -0.15) is 0 Å². The summed E-state index contributed by atoms with van der Waals surface area (Å²) in [6.07, 6.45) is 1.21. The molecule has 1 amide bonds. The van der Waals surface area contributed by atoms with Gasteiger partial charge in [0.15, 0.2) is 0 Å². The fraction of sp³-hybridized carbons (Fsp3) is 0.429. The Hall–Kier alpha value is -1.88. The molecule has 0 aliphatic rings. The Labute approximate surface area is 112 Å². The van der Waals surface area contributed by atoms with Gasteiger partial charge in [-0.1, -0.05) is 6.07 Å². The van der Waals surface area contributed by atoms with Gasteiger partial charge in [0, 0.05) is 20.0 Å². The molecule has 5 nitrogen and oxygen atoms in total. The lowest BCUT2D eigenvalue weighted by molar-refractivity contribution is -0.121. The van der Waals surface area contributed by atoms with E-state index in [0.717, 1.165) is 28.8 Å². The molecule has 0 fully saturated rings. The highest BCUT2D eigenvalue weighted by Crippen LogP contribution is 2.16. The summed E-state index contributed by atoms with van der Waals surface area (Å²) in [6.45, 7) is 3.07. The molecule has 1 aromatic heterocycles. The van der Waals surface area contributed by atoms with Crippen LogP contribution in [0, 0.1) is 6.92 Å². The lowest BCUT2D eigenvalue weighted by atomic mass is 10.2. The number of hydrogen-bond donors (Lipinski definition) is 2. The third-order valence-electron chi connectivity index (χ3n) is 3.27. The van der Waals surface area contributed by atoms with Crippen LogP contribution in [0.3, 0.4) is 0 Å².